The second-order valence-corrected chi connectivity index (χ2v) is 7.40. The van der Waals surface area contributed by atoms with E-state index < -0.39 is 0 Å². The molecule has 0 saturated heterocycles. The molecule has 134 valence electrons. The number of nitrogens with zero attached hydrogens (tertiary/aromatic N) is 2. The first-order valence-corrected chi connectivity index (χ1v) is 9.30. The first kappa shape index (κ1) is 17.5. The van der Waals surface area contributed by atoms with Gasteiger partial charge in [-0.25, -0.2) is 4.98 Å². The molecule has 0 aliphatic heterocycles. The predicted octanol–water partition coefficient (Wildman–Crippen LogP) is 5.57. The zero-order chi connectivity index (χ0) is 19.0. The Labute approximate surface area is 169 Å². The predicted molar refractivity (Wildman–Crippen MR) is 114 cm³/mol. The van der Waals surface area contributed by atoms with Crippen LogP contribution in [0.25, 0.3) is 22.6 Å². The van der Waals surface area contributed by atoms with E-state index >= 15 is 0 Å². The van der Waals surface area contributed by atoms with Gasteiger partial charge in [0.2, 0.25) is 5.89 Å². The van der Waals surface area contributed by atoms with Crippen LogP contribution in [0.2, 0.25) is 0 Å². The summed E-state index contributed by atoms with van der Waals surface area (Å²) >= 11 is 2.18. The number of benzene rings is 3. The maximum atomic E-state index is 10.2. The number of phenolic OH excluding ortho intramolecular Hbond substituents is 2. The zero-order valence-electron chi connectivity index (χ0n) is 14.3. The highest BCUT2D eigenvalue weighted by Crippen LogP contribution is 2.34. The molecule has 5 nitrogen and oxygen atoms in total. The molecule has 4 aromatic rings. The number of hydrogen-bond donors (Lipinski definition) is 2. The Morgan fingerprint density at radius 3 is 2.67 bits per heavy atom. The molecule has 0 spiro atoms. The number of aromatic nitrogens is 1. The average Bonchev–Trinajstić information content (AvgIpc) is 3.06. The first-order valence-electron chi connectivity index (χ1n) is 8.23. The van der Waals surface area contributed by atoms with Gasteiger partial charge in [0.25, 0.3) is 0 Å². The van der Waals surface area contributed by atoms with Gasteiger partial charge in [-0.1, -0.05) is 6.07 Å². The highest BCUT2D eigenvalue weighted by molar-refractivity contribution is 14.1. The van der Waals surface area contributed by atoms with Crippen molar-refractivity contribution in [2.75, 3.05) is 0 Å². The van der Waals surface area contributed by atoms with E-state index in [-0.39, 0.29) is 11.5 Å². The van der Waals surface area contributed by atoms with E-state index in [4.69, 9.17) is 4.42 Å². The molecule has 0 bridgehead atoms. The number of aromatic hydroxyl groups is 2. The van der Waals surface area contributed by atoms with Crippen LogP contribution in [-0.4, -0.2) is 21.4 Å². The first-order chi connectivity index (χ1) is 13.0. The Kier molecular flexibility index (Phi) is 4.57. The lowest BCUT2D eigenvalue weighted by atomic mass is 10.1. The molecule has 2 N–H and O–H groups in total. The van der Waals surface area contributed by atoms with E-state index in [1.54, 1.807) is 30.5 Å². The molecule has 0 unspecified atom stereocenters. The minimum Gasteiger partial charge on any atom is -0.507 e. The summed E-state index contributed by atoms with van der Waals surface area (Å²) in [6.45, 7) is 1.98. The Morgan fingerprint density at radius 2 is 1.81 bits per heavy atom. The third kappa shape index (κ3) is 3.66. The fourth-order valence-electron chi connectivity index (χ4n) is 2.70. The quantitative estimate of drug-likeness (QED) is 0.303. The van der Waals surface area contributed by atoms with Crippen LogP contribution in [-0.2, 0) is 0 Å². The standard InChI is InChI=1S/C21H15IN2O3/c1-12-2-5-17-20(8-12)27-21(24-17)16-10-15(4-7-19(16)26)23-11-13-9-14(22)3-6-18(13)25/h2-11,25-26H,1H3. The molecule has 0 saturated carbocycles. The molecule has 4 rings (SSSR count). The summed E-state index contributed by atoms with van der Waals surface area (Å²) in [6.07, 6.45) is 1.59. The third-order valence-corrected chi connectivity index (χ3v) is 4.77. The Morgan fingerprint density at radius 1 is 1.00 bits per heavy atom. The average molecular weight is 470 g/mol. The smallest absolute Gasteiger partial charge is 0.231 e. The maximum Gasteiger partial charge on any atom is 0.231 e. The molecule has 0 fully saturated rings. The highest BCUT2D eigenvalue weighted by Gasteiger charge is 2.13. The van der Waals surface area contributed by atoms with Crippen molar-refractivity contribution < 1.29 is 14.6 Å². The van der Waals surface area contributed by atoms with Crippen LogP contribution < -0.4 is 0 Å². The summed E-state index contributed by atoms with van der Waals surface area (Å²) in [5.41, 5.74) is 4.17. The van der Waals surface area contributed by atoms with Gasteiger partial charge in [-0.3, -0.25) is 4.99 Å². The third-order valence-electron chi connectivity index (χ3n) is 4.10. The van der Waals surface area contributed by atoms with Crippen LogP contribution in [0.15, 0.2) is 64.0 Å². The minimum atomic E-state index is 0.0642. The molecular formula is C21H15IN2O3. The fraction of sp³-hybridized carbons (Fsp3) is 0.0476. The molecule has 0 radical (unpaired) electrons. The van der Waals surface area contributed by atoms with Crippen LogP contribution in [0.5, 0.6) is 11.5 Å². The van der Waals surface area contributed by atoms with Crippen molar-refractivity contribution >= 4 is 45.6 Å². The molecule has 6 heteroatoms. The van der Waals surface area contributed by atoms with E-state index in [1.807, 2.05) is 37.3 Å². The fourth-order valence-corrected chi connectivity index (χ4v) is 3.21. The summed E-state index contributed by atoms with van der Waals surface area (Å²) in [5.74, 6) is 0.559. The van der Waals surface area contributed by atoms with Crippen molar-refractivity contribution in [3.8, 4) is 23.0 Å². The topological polar surface area (TPSA) is 78.9 Å². The number of phenols is 2. The van der Waals surface area contributed by atoms with Crippen molar-refractivity contribution in [2.45, 2.75) is 6.92 Å². The molecule has 1 aromatic heterocycles. The second kappa shape index (κ2) is 7.03. The minimum absolute atomic E-state index is 0.0642. The highest BCUT2D eigenvalue weighted by atomic mass is 127. The molecular weight excluding hydrogens is 455 g/mol. The summed E-state index contributed by atoms with van der Waals surface area (Å²) < 4.78 is 6.80. The van der Waals surface area contributed by atoms with Gasteiger partial charge in [0.1, 0.15) is 17.0 Å². The maximum absolute atomic E-state index is 10.2. The summed E-state index contributed by atoms with van der Waals surface area (Å²) in [7, 11) is 0. The molecule has 27 heavy (non-hydrogen) atoms. The molecule has 0 atom stereocenters. The number of hydrogen-bond acceptors (Lipinski definition) is 5. The van der Waals surface area contributed by atoms with E-state index in [9.17, 15) is 10.2 Å². The van der Waals surface area contributed by atoms with Gasteiger partial charge in [-0.2, -0.15) is 0 Å². The van der Waals surface area contributed by atoms with Crippen molar-refractivity contribution in [2.24, 2.45) is 4.99 Å². The van der Waals surface area contributed by atoms with E-state index in [1.165, 1.54) is 0 Å². The van der Waals surface area contributed by atoms with Gasteiger partial charge in [0, 0.05) is 15.3 Å². The molecule has 1 heterocycles. The molecule has 0 aliphatic carbocycles. The Hall–Kier alpha value is -2.87. The zero-order valence-corrected chi connectivity index (χ0v) is 16.5. The Bertz CT molecular complexity index is 1180. The van der Waals surface area contributed by atoms with Gasteiger partial charge in [0.15, 0.2) is 5.58 Å². The normalized spacial score (nSPS) is 11.5. The molecule has 0 aliphatic rings. The number of oxazole rings is 1. The van der Waals surface area contributed by atoms with Gasteiger partial charge in [-0.05, 0) is 83.6 Å². The van der Waals surface area contributed by atoms with E-state index in [0.29, 0.717) is 28.3 Å². The van der Waals surface area contributed by atoms with Crippen LogP contribution in [0.1, 0.15) is 11.1 Å². The lowest BCUT2D eigenvalue weighted by Gasteiger charge is -2.02. The number of aliphatic imine (C=N–C) groups is 1. The van der Waals surface area contributed by atoms with Gasteiger partial charge in [-0.15, -0.1) is 0 Å². The summed E-state index contributed by atoms with van der Waals surface area (Å²) in [6, 6.07) is 16.0. The lowest BCUT2D eigenvalue weighted by molar-refractivity contribution is 0.473. The number of fused-ring (bicyclic) bond motifs is 1. The van der Waals surface area contributed by atoms with Crippen LogP contribution >= 0.6 is 22.6 Å². The van der Waals surface area contributed by atoms with Crippen molar-refractivity contribution in [1.29, 1.82) is 0 Å². The van der Waals surface area contributed by atoms with Crippen molar-refractivity contribution in [3.63, 3.8) is 0 Å². The van der Waals surface area contributed by atoms with Crippen molar-refractivity contribution in [3.05, 3.63) is 69.3 Å². The van der Waals surface area contributed by atoms with Crippen LogP contribution in [0, 0.1) is 10.5 Å². The monoisotopic (exact) mass is 470 g/mol. The molecule has 0 amide bonds. The summed E-state index contributed by atoms with van der Waals surface area (Å²) in [4.78, 5) is 8.86. The van der Waals surface area contributed by atoms with Gasteiger partial charge < -0.3 is 14.6 Å². The molecule has 3 aromatic carbocycles. The van der Waals surface area contributed by atoms with E-state index in [0.717, 1.165) is 14.7 Å². The number of rotatable bonds is 3. The van der Waals surface area contributed by atoms with Crippen molar-refractivity contribution in [1.82, 2.24) is 4.98 Å². The lowest BCUT2D eigenvalue weighted by Crippen LogP contribution is -1.84. The number of halogens is 1. The SMILES string of the molecule is Cc1ccc2nc(-c3cc(N=Cc4cc(I)ccc4O)ccc3O)oc2c1. The number of aryl methyl sites for hydroxylation is 1. The summed E-state index contributed by atoms with van der Waals surface area (Å²) in [5, 5.41) is 20.2. The van der Waals surface area contributed by atoms with Crippen LogP contribution in [0.4, 0.5) is 5.69 Å². The van der Waals surface area contributed by atoms with E-state index in [2.05, 4.69) is 32.6 Å². The van der Waals surface area contributed by atoms with Gasteiger partial charge in [0.05, 0.1) is 11.3 Å². The van der Waals surface area contributed by atoms with Gasteiger partial charge >= 0.3 is 0 Å². The largest absolute Gasteiger partial charge is 0.507 e. The second-order valence-electron chi connectivity index (χ2n) is 6.15. The van der Waals surface area contributed by atoms with Crippen LogP contribution in [0.3, 0.4) is 0 Å². The Balaban J connectivity index is 1.72.